The van der Waals surface area contributed by atoms with E-state index >= 15 is 0 Å². The Morgan fingerprint density at radius 2 is 0.600 bits per heavy atom. The van der Waals surface area contributed by atoms with E-state index in [0.29, 0.717) is 5.41 Å². The van der Waals surface area contributed by atoms with E-state index in [1.54, 1.807) is 0 Å². The van der Waals surface area contributed by atoms with Crippen LogP contribution in [0.1, 0.15) is 156 Å². The number of rotatable bonds is 20. The molecule has 0 N–H and O–H groups in total. The quantitative estimate of drug-likeness (QED) is 0.191. The molecule has 0 rings (SSSR count). The van der Waals surface area contributed by atoms with Gasteiger partial charge >= 0.3 is 0 Å². The van der Waals surface area contributed by atoms with Crippen molar-refractivity contribution in [3.05, 3.63) is 0 Å². The Kier molecular flexibility index (Phi) is 18.8. The van der Waals surface area contributed by atoms with Crippen LogP contribution in [0.2, 0.25) is 0 Å². The largest absolute Gasteiger partial charge is 0.0654 e. The van der Waals surface area contributed by atoms with Gasteiger partial charge in [-0.05, 0) is 18.3 Å². The van der Waals surface area contributed by atoms with Crippen molar-refractivity contribution in [1.82, 2.24) is 0 Å². The fourth-order valence-corrected chi connectivity index (χ4v) is 3.95. The van der Waals surface area contributed by atoms with Crippen LogP contribution >= 0.6 is 0 Å². The number of hydrogen-bond donors (Lipinski definition) is 0. The summed E-state index contributed by atoms with van der Waals surface area (Å²) in [6, 6.07) is 0. The Labute approximate surface area is 161 Å². The molecule has 0 aromatic heterocycles. The fraction of sp³-hybridized carbons (Fsp3) is 1.00. The van der Waals surface area contributed by atoms with Gasteiger partial charge in [0.05, 0.1) is 0 Å². The summed E-state index contributed by atoms with van der Waals surface area (Å²) in [7, 11) is 0. The van der Waals surface area contributed by atoms with Crippen molar-refractivity contribution in [2.75, 3.05) is 0 Å². The molecule has 0 fully saturated rings. The lowest BCUT2D eigenvalue weighted by molar-refractivity contribution is 0.282. The second kappa shape index (κ2) is 18.8. The van der Waals surface area contributed by atoms with Gasteiger partial charge in [0, 0.05) is 0 Å². The first-order valence-electron chi connectivity index (χ1n) is 12.1. The van der Waals surface area contributed by atoms with Crippen LogP contribution in [0.15, 0.2) is 0 Å². The third-order valence-corrected chi connectivity index (χ3v) is 5.91. The third-order valence-electron chi connectivity index (χ3n) is 5.91. The van der Waals surface area contributed by atoms with E-state index in [2.05, 4.69) is 27.7 Å². The van der Waals surface area contributed by atoms with Crippen molar-refractivity contribution < 1.29 is 0 Å². The second-order valence-corrected chi connectivity index (χ2v) is 9.32. The number of hydrogen-bond acceptors (Lipinski definition) is 0. The molecule has 0 spiro atoms. The van der Waals surface area contributed by atoms with E-state index in [1.165, 1.54) is 128 Å². The molecular formula is C25H52. The maximum absolute atomic E-state index is 2.49. The molecule has 0 amide bonds. The molecular weight excluding hydrogens is 300 g/mol. The van der Waals surface area contributed by atoms with Gasteiger partial charge in [0.25, 0.3) is 0 Å². The van der Waals surface area contributed by atoms with Crippen LogP contribution in [0.3, 0.4) is 0 Å². The molecule has 0 radical (unpaired) electrons. The lowest BCUT2D eigenvalue weighted by Gasteiger charge is -2.24. The van der Waals surface area contributed by atoms with Gasteiger partial charge in [0.2, 0.25) is 0 Å². The van der Waals surface area contributed by atoms with E-state index in [1.807, 2.05) is 0 Å². The molecule has 0 heterocycles. The summed E-state index contributed by atoms with van der Waals surface area (Å²) < 4.78 is 0. The van der Waals surface area contributed by atoms with E-state index in [-0.39, 0.29) is 0 Å². The zero-order chi connectivity index (χ0) is 18.6. The van der Waals surface area contributed by atoms with Crippen molar-refractivity contribution in [2.45, 2.75) is 156 Å². The van der Waals surface area contributed by atoms with Gasteiger partial charge in [-0.15, -0.1) is 0 Å². The first kappa shape index (κ1) is 25.0. The van der Waals surface area contributed by atoms with Crippen LogP contribution in [0.5, 0.6) is 0 Å². The van der Waals surface area contributed by atoms with Gasteiger partial charge in [0.1, 0.15) is 0 Å². The highest BCUT2D eigenvalue weighted by Crippen LogP contribution is 2.30. The molecule has 0 atom stereocenters. The van der Waals surface area contributed by atoms with Gasteiger partial charge in [-0.25, -0.2) is 0 Å². The molecule has 0 bridgehead atoms. The molecule has 0 aliphatic carbocycles. The molecule has 0 nitrogen and oxygen atoms in total. The highest BCUT2D eigenvalue weighted by Gasteiger charge is 2.16. The summed E-state index contributed by atoms with van der Waals surface area (Å²) in [4.78, 5) is 0. The SMILES string of the molecule is CCCCCCCCCCCCCCCCC(C)(C)CCCCCC. The summed E-state index contributed by atoms with van der Waals surface area (Å²) >= 11 is 0. The van der Waals surface area contributed by atoms with E-state index in [4.69, 9.17) is 0 Å². The van der Waals surface area contributed by atoms with Crippen LogP contribution in [0.25, 0.3) is 0 Å². The van der Waals surface area contributed by atoms with Crippen LogP contribution in [0, 0.1) is 5.41 Å². The first-order valence-corrected chi connectivity index (χ1v) is 12.1. The lowest BCUT2D eigenvalue weighted by Crippen LogP contribution is -2.11. The molecule has 152 valence electrons. The molecule has 0 aliphatic heterocycles. The lowest BCUT2D eigenvalue weighted by atomic mass is 9.82. The molecule has 0 aromatic carbocycles. The Hall–Kier alpha value is 0. The summed E-state index contributed by atoms with van der Waals surface area (Å²) in [5, 5.41) is 0. The minimum Gasteiger partial charge on any atom is -0.0654 e. The molecule has 0 unspecified atom stereocenters. The Morgan fingerprint density at radius 1 is 0.360 bits per heavy atom. The maximum atomic E-state index is 2.49. The van der Waals surface area contributed by atoms with Crippen LogP contribution < -0.4 is 0 Å². The summed E-state index contributed by atoms with van der Waals surface area (Å²) in [6.07, 6.45) is 29.1. The topological polar surface area (TPSA) is 0 Å². The average molecular weight is 353 g/mol. The maximum Gasteiger partial charge on any atom is -0.0354 e. The highest BCUT2D eigenvalue weighted by molar-refractivity contribution is 4.68. The molecule has 0 saturated heterocycles. The van der Waals surface area contributed by atoms with Gasteiger partial charge in [0.15, 0.2) is 0 Å². The van der Waals surface area contributed by atoms with E-state index in [9.17, 15) is 0 Å². The van der Waals surface area contributed by atoms with E-state index in [0.717, 1.165) is 0 Å². The van der Waals surface area contributed by atoms with Crippen molar-refractivity contribution in [3.63, 3.8) is 0 Å². The van der Waals surface area contributed by atoms with Gasteiger partial charge in [-0.2, -0.15) is 0 Å². The fourth-order valence-electron chi connectivity index (χ4n) is 3.95. The summed E-state index contributed by atoms with van der Waals surface area (Å²) in [5.74, 6) is 0. The van der Waals surface area contributed by atoms with Crippen LogP contribution in [-0.2, 0) is 0 Å². The smallest absolute Gasteiger partial charge is 0.0354 e. The Balaban J connectivity index is 3.22. The third kappa shape index (κ3) is 20.2. The predicted molar refractivity (Wildman–Crippen MR) is 117 cm³/mol. The molecule has 0 heteroatoms. The molecule has 0 aromatic rings. The predicted octanol–water partition coefficient (Wildman–Crippen LogP) is 9.85. The molecule has 0 aliphatic rings. The summed E-state index contributed by atoms with van der Waals surface area (Å²) in [6.45, 7) is 9.58. The Morgan fingerprint density at radius 3 is 0.920 bits per heavy atom. The first-order chi connectivity index (χ1) is 12.1. The van der Waals surface area contributed by atoms with Crippen molar-refractivity contribution in [1.29, 1.82) is 0 Å². The zero-order valence-corrected chi connectivity index (χ0v) is 18.6. The van der Waals surface area contributed by atoms with Gasteiger partial charge in [-0.1, -0.05) is 143 Å². The van der Waals surface area contributed by atoms with Crippen molar-refractivity contribution >= 4 is 0 Å². The van der Waals surface area contributed by atoms with Gasteiger partial charge < -0.3 is 0 Å². The standard InChI is InChI=1S/C25H52/c1-5-7-9-11-12-13-14-15-16-17-18-19-20-22-24-25(3,4)23-21-10-8-6-2/h5-24H2,1-4H3. The Bertz CT molecular complexity index is 240. The number of unbranched alkanes of at least 4 members (excludes halogenated alkanes) is 16. The van der Waals surface area contributed by atoms with Gasteiger partial charge in [-0.3, -0.25) is 0 Å². The molecule has 0 saturated carbocycles. The molecule has 25 heavy (non-hydrogen) atoms. The van der Waals surface area contributed by atoms with Crippen LogP contribution in [-0.4, -0.2) is 0 Å². The second-order valence-electron chi connectivity index (χ2n) is 9.32. The normalized spacial score (nSPS) is 12.0. The minimum absolute atomic E-state index is 0.588. The minimum atomic E-state index is 0.588. The van der Waals surface area contributed by atoms with Crippen molar-refractivity contribution in [3.8, 4) is 0 Å². The highest BCUT2D eigenvalue weighted by atomic mass is 14.2. The van der Waals surface area contributed by atoms with E-state index < -0.39 is 0 Å². The average Bonchev–Trinajstić information content (AvgIpc) is 2.59. The monoisotopic (exact) mass is 352 g/mol. The summed E-state index contributed by atoms with van der Waals surface area (Å²) in [5.41, 5.74) is 0.588. The van der Waals surface area contributed by atoms with Crippen molar-refractivity contribution in [2.24, 2.45) is 5.41 Å². The zero-order valence-electron chi connectivity index (χ0n) is 18.6. The van der Waals surface area contributed by atoms with Crippen LogP contribution in [0.4, 0.5) is 0 Å².